The van der Waals surface area contributed by atoms with Crippen molar-refractivity contribution in [2.24, 2.45) is 10.4 Å². The number of piperidine rings is 1. The van der Waals surface area contributed by atoms with Crippen molar-refractivity contribution < 1.29 is 9.47 Å². The first kappa shape index (κ1) is 25.1. The standard InChI is InChI=1S/C22H42N4O2.HI/c1-5-27-20-16-19(22(20)10-6-7-11-22)25-21(23-4)24-18-8-12-26(13-9-18)14-15-28-17(2)3;/h17-20H,5-16H2,1-4H3,(H2,23,24,25);1H. The van der Waals surface area contributed by atoms with Gasteiger partial charge in [-0.1, -0.05) is 12.8 Å². The number of likely N-dealkylation sites (tertiary alicyclic amines) is 1. The molecule has 2 atom stereocenters. The van der Waals surface area contributed by atoms with Gasteiger partial charge in [0, 0.05) is 50.8 Å². The van der Waals surface area contributed by atoms with E-state index >= 15 is 0 Å². The summed E-state index contributed by atoms with van der Waals surface area (Å²) in [6.07, 6.45) is 9.48. The molecule has 0 amide bonds. The summed E-state index contributed by atoms with van der Waals surface area (Å²) < 4.78 is 11.7. The van der Waals surface area contributed by atoms with Gasteiger partial charge in [0.2, 0.25) is 0 Å². The third kappa shape index (κ3) is 6.43. The molecule has 29 heavy (non-hydrogen) atoms. The number of guanidine groups is 1. The van der Waals surface area contributed by atoms with Crippen LogP contribution in [0.15, 0.2) is 4.99 Å². The topological polar surface area (TPSA) is 58.1 Å². The maximum Gasteiger partial charge on any atom is 0.191 e. The number of hydrogen-bond donors (Lipinski definition) is 2. The van der Waals surface area contributed by atoms with Crippen LogP contribution < -0.4 is 10.6 Å². The van der Waals surface area contributed by atoms with Gasteiger partial charge in [-0.05, 0) is 52.9 Å². The molecule has 0 aromatic rings. The average Bonchev–Trinajstić information content (AvgIpc) is 3.20. The molecule has 170 valence electrons. The highest BCUT2D eigenvalue weighted by molar-refractivity contribution is 14.0. The van der Waals surface area contributed by atoms with Gasteiger partial charge in [-0.25, -0.2) is 0 Å². The highest BCUT2D eigenvalue weighted by atomic mass is 127. The van der Waals surface area contributed by atoms with Crippen LogP contribution in [-0.4, -0.2) is 75.0 Å². The van der Waals surface area contributed by atoms with Crippen LogP contribution in [0.5, 0.6) is 0 Å². The molecule has 2 N–H and O–H groups in total. The second-order valence-electron chi connectivity index (χ2n) is 9.07. The molecule has 7 heteroatoms. The van der Waals surface area contributed by atoms with Gasteiger partial charge in [0.1, 0.15) is 0 Å². The molecule has 1 saturated heterocycles. The van der Waals surface area contributed by atoms with E-state index < -0.39 is 0 Å². The molecule has 0 bridgehead atoms. The van der Waals surface area contributed by atoms with E-state index in [-0.39, 0.29) is 24.0 Å². The number of aliphatic imine (C=N–C) groups is 1. The highest BCUT2D eigenvalue weighted by Gasteiger charge is 2.57. The summed E-state index contributed by atoms with van der Waals surface area (Å²) in [5, 5.41) is 7.45. The largest absolute Gasteiger partial charge is 0.378 e. The van der Waals surface area contributed by atoms with E-state index in [4.69, 9.17) is 9.47 Å². The molecular formula is C22H43IN4O2. The molecule has 1 spiro atoms. The normalized spacial score (nSPS) is 27.7. The zero-order valence-corrected chi connectivity index (χ0v) is 21.2. The highest BCUT2D eigenvalue weighted by Crippen LogP contribution is 2.54. The fourth-order valence-corrected chi connectivity index (χ4v) is 5.34. The van der Waals surface area contributed by atoms with Crippen molar-refractivity contribution in [1.29, 1.82) is 0 Å². The fourth-order valence-electron chi connectivity index (χ4n) is 5.34. The molecule has 3 fully saturated rings. The van der Waals surface area contributed by atoms with Gasteiger partial charge in [0.05, 0.1) is 18.8 Å². The summed E-state index contributed by atoms with van der Waals surface area (Å²) in [6.45, 7) is 11.3. The van der Waals surface area contributed by atoms with Crippen molar-refractivity contribution in [1.82, 2.24) is 15.5 Å². The molecular weight excluding hydrogens is 479 g/mol. The lowest BCUT2D eigenvalue weighted by molar-refractivity contribution is -0.125. The Labute approximate surface area is 195 Å². The van der Waals surface area contributed by atoms with Crippen LogP contribution in [0.25, 0.3) is 0 Å². The predicted molar refractivity (Wildman–Crippen MR) is 130 cm³/mol. The van der Waals surface area contributed by atoms with Crippen LogP contribution in [0.3, 0.4) is 0 Å². The van der Waals surface area contributed by atoms with Gasteiger partial charge in [-0.15, -0.1) is 24.0 Å². The number of ether oxygens (including phenoxy) is 2. The minimum Gasteiger partial charge on any atom is -0.378 e. The Bertz CT molecular complexity index is 503. The van der Waals surface area contributed by atoms with Gasteiger partial charge in [-0.3, -0.25) is 4.99 Å². The molecule has 2 unspecified atom stereocenters. The summed E-state index contributed by atoms with van der Waals surface area (Å²) >= 11 is 0. The quantitative estimate of drug-likeness (QED) is 0.291. The Kier molecular flexibility index (Phi) is 10.5. The molecule has 3 rings (SSSR count). The minimum atomic E-state index is 0. The Morgan fingerprint density at radius 2 is 1.86 bits per heavy atom. The second kappa shape index (κ2) is 12.1. The third-order valence-electron chi connectivity index (χ3n) is 7.01. The lowest BCUT2D eigenvalue weighted by atomic mass is 9.60. The van der Waals surface area contributed by atoms with Crippen molar-refractivity contribution >= 4 is 29.9 Å². The van der Waals surface area contributed by atoms with E-state index in [2.05, 4.69) is 41.3 Å². The maximum atomic E-state index is 6.05. The summed E-state index contributed by atoms with van der Waals surface area (Å²) in [7, 11) is 1.90. The van der Waals surface area contributed by atoms with E-state index in [1.165, 1.54) is 38.5 Å². The maximum absolute atomic E-state index is 6.05. The monoisotopic (exact) mass is 522 g/mol. The molecule has 0 aromatic heterocycles. The lowest BCUT2D eigenvalue weighted by Crippen LogP contribution is -2.65. The Morgan fingerprint density at radius 1 is 1.17 bits per heavy atom. The van der Waals surface area contributed by atoms with Gasteiger partial charge in [0.15, 0.2) is 5.96 Å². The van der Waals surface area contributed by atoms with Crippen molar-refractivity contribution in [2.45, 2.75) is 90.0 Å². The number of rotatable bonds is 8. The summed E-state index contributed by atoms with van der Waals surface area (Å²) in [5.41, 5.74) is 0.341. The zero-order chi connectivity index (χ0) is 20.0. The first-order valence-corrected chi connectivity index (χ1v) is 11.5. The van der Waals surface area contributed by atoms with E-state index in [9.17, 15) is 0 Å². The smallest absolute Gasteiger partial charge is 0.191 e. The van der Waals surface area contributed by atoms with Gasteiger partial charge < -0.3 is 25.0 Å². The van der Waals surface area contributed by atoms with Gasteiger partial charge in [0.25, 0.3) is 0 Å². The minimum absolute atomic E-state index is 0. The number of nitrogens with zero attached hydrogens (tertiary/aromatic N) is 2. The van der Waals surface area contributed by atoms with Crippen LogP contribution in [0, 0.1) is 5.41 Å². The third-order valence-corrected chi connectivity index (χ3v) is 7.01. The van der Waals surface area contributed by atoms with Crippen LogP contribution in [-0.2, 0) is 9.47 Å². The first-order valence-electron chi connectivity index (χ1n) is 11.5. The van der Waals surface area contributed by atoms with Crippen LogP contribution in [0.1, 0.15) is 65.7 Å². The first-order chi connectivity index (χ1) is 13.6. The molecule has 1 heterocycles. The molecule has 3 aliphatic rings. The Morgan fingerprint density at radius 3 is 2.45 bits per heavy atom. The SMILES string of the molecule is CCOC1CC(NC(=NC)NC2CCN(CCOC(C)C)CC2)C12CCCC2.I. The second-order valence-corrected chi connectivity index (χ2v) is 9.07. The molecule has 2 aliphatic carbocycles. The Hall–Kier alpha value is -0.120. The lowest BCUT2D eigenvalue weighted by Gasteiger charge is -2.54. The molecule has 0 radical (unpaired) electrons. The molecule has 0 aromatic carbocycles. The van der Waals surface area contributed by atoms with Crippen molar-refractivity contribution in [3.8, 4) is 0 Å². The summed E-state index contributed by atoms with van der Waals surface area (Å²) in [4.78, 5) is 7.05. The zero-order valence-electron chi connectivity index (χ0n) is 18.9. The fraction of sp³-hybridized carbons (Fsp3) is 0.955. The predicted octanol–water partition coefficient (Wildman–Crippen LogP) is 3.40. The van der Waals surface area contributed by atoms with Crippen molar-refractivity contribution in [3.63, 3.8) is 0 Å². The van der Waals surface area contributed by atoms with Gasteiger partial charge >= 0.3 is 0 Å². The van der Waals surface area contributed by atoms with Gasteiger partial charge in [-0.2, -0.15) is 0 Å². The number of halogens is 1. The van der Waals surface area contributed by atoms with Crippen LogP contribution in [0.2, 0.25) is 0 Å². The van der Waals surface area contributed by atoms with Crippen LogP contribution in [0.4, 0.5) is 0 Å². The summed E-state index contributed by atoms with van der Waals surface area (Å²) in [6, 6.07) is 1.02. The van der Waals surface area contributed by atoms with E-state index in [1.807, 2.05) is 7.05 Å². The van der Waals surface area contributed by atoms with Crippen molar-refractivity contribution in [3.05, 3.63) is 0 Å². The Balaban J connectivity index is 0.00000300. The van der Waals surface area contributed by atoms with E-state index in [1.54, 1.807) is 0 Å². The average molecular weight is 523 g/mol. The molecule has 1 aliphatic heterocycles. The van der Waals surface area contributed by atoms with Crippen molar-refractivity contribution in [2.75, 3.05) is 39.9 Å². The van der Waals surface area contributed by atoms with E-state index in [0.29, 0.717) is 29.7 Å². The molecule has 2 saturated carbocycles. The molecule has 6 nitrogen and oxygen atoms in total. The number of hydrogen-bond acceptors (Lipinski definition) is 4. The van der Waals surface area contributed by atoms with E-state index in [0.717, 1.165) is 45.2 Å². The van der Waals surface area contributed by atoms with Crippen LogP contribution >= 0.6 is 24.0 Å². The summed E-state index contributed by atoms with van der Waals surface area (Å²) in [5.74, 6) is 0.979. The number of nitrogens with one attached hydrogen (secondary N) is 2.